The number of hydrogen-bond donors (Lipinski definition) is 0. The van der Waals surface area contributed by atoms with E-state index in [0.29, 0.717) is 24.8 Å². The lowest BCUT2D eigenvalue weighted by atomic mass is 10.1. The SMILES string of the molecule is CCOC(=O)c1nnn(CC(C)CC)c1CCl. The van der Waals surface area contributed by atoms with Crippen molar-refractivity contribution in [3.8, 4) is 0 Å². The molecule has 0 saturated carbocycles. The fourth-order valence-electron chi connectivity index (χ4n) is 1.39. The minimum Gasteiger partial charge on any atom is -0.461 e. The molecule has 1 rings (SSSR count). The van der Waals surface area contributed by atoms with Crippen molar-refractivity contribution in [3.63, 3.8) is 0 Å². The number of alkyl halides is 1. The smallest absolute Gasteiger partial charge is 0.360 e. The van der Waals surface area contributed by atoms with Crippen LogP contribution in [0.1, 0.15) is 43.4 Å². The van der Waals surface area contributed by atoms with E-state index in [2.05, 4.69) is 24.2 Å². The van der Waals surface area contributed by atoms with Gasteiger partial charge in [-0.25, -0.2) is 9.48 Å². The molecule has 1 heterocycles. The maximum Gasteiger partial charge on any atom is 0.360 e. The molecule has 6 heteroatoms. The second kappa shape index (κ2) is 6.59. The van der Waals surface area contributed by atoms with Crippen LogP contribution in [0.2, 0.25) is 0 Å². The number of aromatic nitrogens is 3. The van der Waals surface area contributed by atoms with Crippen LogP contribution < -0.4 is 0 Å². The van der Waals surface area contributed by atoms with Crippen molar-refractivity contribution in [1.29, 1.82) is 0 Å². The summed E-state index contributed by atoms with van der Waals surface area (Å²) in [5.41, 5.74) is 0.857. The third-order valence-corrected chi connectivity index (χ3v) is 2.87. The first-order valence-corrected chi connectivity index (χ1v) is 6.32. The van der Waals surface area contributed by atoms with Gasteiger partial charge in [-0.05, 0) is 12.8 Å². The van der Waals surface area contributed by atoms with Crippen molar-refractivity contribution in [3.05, 3.63) is 11.4 Å². The van der Waals surface area contributed by atoms with E-state index in [0.717, 1.165) is 6.42 Å². The molecular formula is C11H18ClN3O2. The summed E-state index contributed by atoms with van der Waals surface area (Å²) in [5.74, 6) is 0.213. The molecule has 0 aliphatic heterocycles. The molecule has 0 aromatic carbocycles. The molecule has 0 saturated heterocycles. The van der Waals surface area contributed by atoms with Crippen molar-refractivity contribution in [2.75, 3.05) is 6.61 Å². The fraction of sp³-hybridized carbons (Fsp3) is 0.727. The molecule has 0 amide bonds. The molecule has 0 bridgehead atoms. The Kier molecular flexibility index (Phi) is 5.41. The maximum atomic E-state index is 11.6. The van der Waals surface area contributed by atoms with Crippen LogP contribution in [0.5, 0.6) is 0 Å². The minimum absolute atomic E-state index is 0.206. The fourth-order valence-corrected chi connectivity index (χ4v) is 1.66. The Labute approximate surface area is 106 Å². The monoisotopic (exact) mass is 259 g/mol. The number of rotatable bonds is 6. The summed E-state index contributed by atoms with van der Waals surface area (Å²) in [7, 11) is 0. The first kappa shape index (κ1) is 14.0. The van der Waals surface area contributed by atoms with Crippen molar-refractivity contribution in [2.45, 2.75) is 39.6 Å². The number of ether oxygens (including phenoxy) is 1. The van der Waals surface area contributed by atoms with Crippen LogP contribution in [0.15, 0.2) is 0 Å². The van der Waals surface area contributed by atoms with Gasteiger partial charge in [0, 0.05) is 6.54 Å². The zero-order chi connectivity index (χ0) is 12.8. The largest absolute Gasteiger partial charge is 0.461 e. The first-order chi connectivity index (χ1) is 8.13. The summed E-state index contributed by atoms with van der Waals surface area (Å²) in [5, 5.41) is 7.81. The number of carbonyl (C=O) groups excluding carboxylic acids is 1. The van der Waals surface area contributed by atoms with Crippen molar-refractivity contribution < 1.29 is 9.53 Å². The zero-order valence-electron chi connectivity index (χ0n) is 10.4. The highest BCUT2D eigenvalue weighted by Crippen LogP contribution is 2.13. The van der Waals surface area contributed by atoms with Crippen LogP contribution in [0.4, 0.5) is 0 Å². The molecule has 5 nitrogen and oxygen atoms in total. The van der Waals surface area contributed by atoms with E-state index in [1.807, 2.05) is 0 Å². The molecule has 0 N–H and O–H groups in total. The lowest BCUT2D eigenvalue weighted by Gasteiger charge is -2.10. The lowest BCUT2D eigenvalue weighted by molar-refractivity contribution is 0.0518. The molecule has 96 valence electrons. The summed E-state index contributed by atoms with van der Waals surface area (Å²) in [4.78, 5) is 11.6. The molecule has 0 radical (unpaired) electrons. The van der Waals surface area contributed by atoms with Gasteiger partial charge in [0.2, 0.25) is 0 Å². The predicted molar refractivity (Wildman–Crippen MR) is 65.0 cm³/mol. The van der Waals surface area contributed by atoms with Crippen molar-refractivity contribution in [2.24, 2.45) is 5.92 Å². The van der Waals surface area contributed by atoms with Crippen molar-refractivity contribution >= 4 is 17.6 Å². The molecule has 1 atom stereocenters. The molecule has 0 aliphatic carbocycles. The molecule has 0 aliphatic rings. The Morgan fingerprint density at radius 2 is 2.24 bits per heavy atom. The summed E-state index contributed by atoms with van der Waals surface area (Å²) >= 11 is 5.84. The van der Waals surface area contributed by atoms with Gasteiger partial charge in [0.25, 0.3) is 0 Å². The van der Waals surface area contributed by atoms with Gasteiger partial charge >= 0.3 is 5.97 Å². The Morgan fingerprint density at radius 1 is 1.53 bits per heavy atom. The summed E-state index contributed by atoms with van der Waals surface area (Å²) in [6, 6.07) is 0. The number of carbonyl (C=O) groups is 1. The molecule has 0 fully saturated rings. The third kappa shape index (κ3) is 3.43. The molecule has 1 aromatic rings. The van der Waals surface area contributed by atoms with E-state index in [1.165, 1.54) is 0 Å². The molecule has 17 heavy (non-hydrogen) atoms. The average Bonchev–Trinajstić information content (AvgIpc) is 2.72. The van der Waals surface area contributed by atoms with E-state index < -0.39 is 5.97 Å². The van der Waals surface area contributed by atoms with Gasteiger partial charge in [-0.2, -0.15) is 0 Å². The third-order valence-electron chi connectivity index (χ3n) is 2.61. The highest BCUT2D eigenvalue weighted by Gasteiger charge is 2.20. The van der Waals surface area contributed by atoms with Crippen LogP contribution in [0, 0.1) is 5.92 Å². The Bertz CT molecular complexity index is 379. The molecular weight excluding hydrogens is 242 g/mol. The van der Waals surface area contributed by atoms with Crippen LogP contribution in [0.3, 0.4) is 0 Å². The van der Waals surface area contributed by atoms with E-state index in [1.54, 1.807) is 11.6 Å². The molecule has 1 aromatic heterocycles. The number of hydrogen-bond acceptors (Lipinski definition) is 4. The second-order valence-electron chi connectivity index (χ2n) is 3.93. The summed E-state index contributed by atoms with van der Waals surface area (Å²) < 4.78 is 6.59. The van der Waals surface area contributed by atoms with Crippen LogP contribution in [0.25, 0.3) is 0 Å². The average molecular weight is 260 g/mol. The molecule has 0 spiro atoms. The van der Waals surface area contributed by atoms with E-state index >= 15 is 0 Å². The Balaban J connectivity index is 2.90. The number of nitrogens with zero attached hydrogens (tertiary/aromatic N) is 3. The standard InChI is InChI=1S/C11H18ClN3O2/c1-4-8(3)7-15-9(6-12)10(13-14-15)11(16)17-5-2/h8H,4-7H2,1-3H3. The van der Waals surface area contributed by atoms with Gasteiger partial charge in [-0.3, -0.25) is 0 Å². The highest BCUT2D eigenvalue weighted by molar-refractivity contribution is 6.17. The van der Waals surface area contributed by atoms with Gasteiger partial charge in [-0.15, -0.1) is 16.7 Å². The predicted octanol–water partition coefficient (Wildman–Crippen LogP) is 2.24. The number of halogens is 1. The summed E-state index contributed by atoms with van der Waals surface area (Å²) in [6.07, 6.45) is 1.04. The van der Waals surface area contributed by atoms with Crippen LogP contribution in [-0.2, 0) is 17.2 Å². The highest BCUT2D eigenvalue weighted by atomic mass is 35.5. The Hall–Kier alpha value is -1.10. The van der Waals surface area contributed by atoms with E-state index in [9.17, 15) is 4.79 Å². The quantitative estimate of drug-likeness (QED) is 0.581. The van der Waals surface area contributed by atoms with Crippen LogP contribution >= 0.6 is 11.6 Å². The minimum atomic E-state index is -0.460. The normalized spacial score (nSPS) is 12.5. The second-order valence-corrected chi connectivity index (χ2v) is 4.20. The first-order valence-electron chi connectivity index (χ1n) is 5.79. The van der Waals surface area contributed by atoms with E-state index in [4.69, 9.17) is 16.3 Å². The zero-order valence-corrected chi connectivity index (χ0v) is 11.2. The van der Waals surface area contributed by atoms with Gasteiger partial charge in [0.05, 0.1) is 18.2 Å². The van der Waals surface area contributed by atoms with Gasteiger partial charge in [-0.1, -0.05) is 25.5 Å². The van der Waals surface area contributed by atoms with Crippen molar-refractivity contribution in [1.82, 2.24) is 15.0 Å². The molecule has 1 unspecified atom stereocenters. The maximum absolute atomic E-state index is 11.6. The number of esters is 1. The van der Waals surface area contributed by atoms with Gasteiger partial charge in [0.15, 0.2) is 5.69 Å². The van der Waals surface area contributed by atoms with E-state index in [-0.39, 0.29) is 11.6 Å². The van der Waals surface area contributed by atoms with Crippen LogP contribution in [-0.4, -0.2) is 27.6 Å². The summed E-state index contributed by atoms with van der Waals surface area (Å²) in [6.45, 7) is 7.00. The lowest BCUT2D eigenvalue weighted by Crippen LogP contribution is -2.13. The van der Waals surface area contributed by atoms with Gasteiger partial charge in [0.1, 0.15) is 0 Å². The Morgan fingerprint density at radius 3 is 2.76 bits per heavy atom. The topological polar surface area (TPSA) is 57.0 Å². The van der Waals surface area contributed by atoms with Gasteiger partial charge < -0.3 is 4.74 Å².